The number of imidazole rings is 1. The molecule has 0 spiro atoms. The van der Waals surface area contributed by atoms with E-state index in [0.717, 1.165) is 0 Å². The normalized spacial score (nSPS) is 21.6. The maximum Gasteiger partial charge on any atom is 0.335 e. The number of carboxylic acids is 1. The molecule has 3 atom stereocenters. The fraction of sp³-hybridized carbons (Fsp3) is 0.294. The Morgan fingerprint density at radius 1 is 1.26 bits per heavy atom. The number of aliphatic hydroxyl groups is 2. The van der Waals surface area contributed by atoms with Gasteiger partial charge in [-0.3, -0.25) is 4.57 Å². The van der Waals surface area contributed by atoms with Crippen LogP contribution in [0.25, 0.3) is 11.2 Å². The van der Waals surface area contributed by atoms with Crippen molar-refractivity contribution in [2.45, 2.75) is 24.9 Å². The number of nitrogens with zero attached hydrogens (tertiary/aromatic N) is 4. The van der Waals surface area contributed by atoms with Crippen LogP contribution in [0.2, 0.25) is 0 Å². The minimum Gasteiger partial charge on any atom is -0.478 e. The lowest BCUT2D eigenvalue weighted by Crippen LogP contribution is -2.19. The van der Waals surface area contributed by atoms with Crippen molar-refractivity contribution in [2.75, 3.05) is 12.3 Å². The lowest BCUT2D eigenvalue weighted by atomic mass is 10.2. The summed E-state index contributed by atoms with van der Waals surface area (Å²) >= 11 is 0. The molecule has 2 aromatic heterocycles. The summed E-state index contributed by atoms with van der Waals surface area (Å²) in [5.41, 5.74) is 6.99. The predicted molar refractivity (Wildman–Crippen MR) is 94.8 cm³/mol. The van der Waals surface area contributed by atoms with E-state index in [0.29, 0.717) is 23.1 Å². The number of hydrogen-bond donors (Lipinski definition) is 4. The number of anilines is 1. The molecule has 1 aliphatic heterocycles. The second-order valence-electron chi connectivity index (χ2n) is 5.89. The van der Waals surface area contributed by atoms with Gasteiger partial charge in [-0.1, -0.05) is 18.2 Å². The van der Waals surface area contributed by atoms with Gasteiger partial charge in [0.1, 0.15) is 17.9 Å². The Morgan fingerprint density at radius 2 is 2.00 bits per heavy atom. The van der Waals surface area contributed by atoms with Crippen LogP contribution in [0.5, 0.6) is 0 Å². The molecule has 142 valence electrons. The van der Waals surface area contributed by atoms with E-state index in [1.807, 2.05) is 0 Å². The summed E-state index contributed by atoms with van der Waals surface area (Å²) in [5.74, 6) is -0.597. The molecule has 1 fully saturated rings. The minimum atomic E-state index is -0.879. The molecule has 3 heterocycles. The molecule has 5 N–H and O–H groups in total. The number of aromatic nitrogens is 4. The van der Waals surface area contributed by atoms with Crippen molar-refractivity contribution in [3.05, 3.63) is 48.5 Å². The van der Waals surface area contributed by atoms with Crippen molar-refractivity contribution in [1.82, 2.24) is 19.5 Å². The van der Waals surface area contributed by atoms with E-state index >= 15 is 0 Å². The standard InChI is InChI=1S/C10H13N5O3.C7H6O2/c11-8-7-9(13-3-12-8)15(4-14-7)10-6(17)1-5(2-16)18-10;8-7(9)6-4-2-1-3-5-6/h3-6,10,16-17H,1-2H2,(H2,11,12,13);1-5H,(H,8,9)/t5-,6+,10+;/m0./s1. The molecular weight excluding hydrogens is 354 g/mol. The van der Waals surface area contributed by atoms with Gasteiger partial charge in [0.15, 0.2) is 17.7 Å². The van der Waals surface area contributed by atoms with Crippen LogP contribution in [0.4, 0.5) is 5.82 Å². The van der Waals surface area contributed by atoms with E-state index in [4.69, 9.17) is 20.7 Å². The van der Waals surface area contributed by atoms with Crippen LogP contribution in [0.15, 0.2) is 43.0 Å². The third-order valence-electron chi connectivity index (χ3n) is 4.05. The molecule has 0 amide bonds. The summed E-state index contributed by atoms with van der Waals surface area (Å²) < 4.78 is 7.14. The predicted octanol–water partition coefficient (Wildman–Crippen LogP) is 0.434. The van der Waals surface area contributed by atoms with Gasteiger partial charge >= 0.3 is 5.97 Å². The summed E-state index contributed by atoms with van der Waals surface area (Å²) in [5, 5.41) is 27.4. The van der Waals surface area contributed by atoms with Crippen molar-refractivity contribution >= 4 is 23.0 Å². The molecule has 10 nitrogen and oxygen atoms in total. The number of rotatable bonds is 3. The molecule has 0 radical (unpaired) electrons. The molecule has 10 heteroatoms. The Kier molecular flexibility index (Phi) is 5.60. The molecule has 27 heavy (non-hydrogen) atoms. The number of hydrogen-bond acceptors (Lipinski definition) is 8. The SMILES string of the molecule is Nc1ncnc2c1ncn2[C@@H]1O[C@H](CO)C[C@H]1O.O=C(O)c1ccccc1. The van der Waals surface area contributed by atoms with Crippen LogP contribution < -0.4 is 5.73 Å². The van der Waals surface area contributed by atoms with E-state index in [9.17, 15) is 9.90 Å². The zero-order chi connectivity index (χ0) is 19.4. The van der Waals surface area contributed by atoms with Gasteiger partial charge in [-0.05, 0) is 12.1 Å². The van der Waals surface area contributed by atoms with Crippen molar-refractivity contribution in [3.63, 3.8) is 0 Å². The first-order chi connectivity index (χ1) is 13.0. The maximum absolute atomic E-state index is 10.2. The Balaban J connectivity index is 0.000000197. The number of fused-ring (bicyclic) bond motifs is 1. The number of carboxylic acid groups (broad SMARTS) is 1. The third-order valence-corrected chi connectivity index (χ3v) is 4.05. The number of carbonyl (C=O) groups is 1. The van der Waals surface area contributed by atoms with E-state index in [1.54, 1.807) is 34.9 Å². The summed E-state index contributed by atoms with van der Waals surface area (Å²) in [6, 6.07) is 8.30. The number of benzene rings is 1. The van der Waals surface area contributed by atoms with Crippen molar-refractivity contribution in [1.29, 1.82) is 0 Å². The van der Waals surface area contributed by atoms with Gasteiger partial charge in [-0.2, -0.15) is 0 Å². The topological polar surface area (TPSA) is 157 Å². The first-order valence-corrected chi connectivity index (χ1v) is 8.17. The quantitative estimate of drug-likeness (QED) is 0.511. The molecule has 0 bridgehead atoms. The lowest BCUT2D eigenvalue weighted by Gasteiger charge is -2.16. The first kappa shape index (κ1) is 18.7. The van der Waals surface area contributed by atoms with Crippen molar-refractivity contribution < 1.29 is 24.9 Å². The fourth-order valence-corrected chi connectivity index (χ4v) is 2.73. The Hall–Kier alpha value is -3.08. The molecule has 3 aromatic rings. The highest BCUT2D eigenvalue weighted by Gasteiger charge is 2.35. The molecule has 0 aliphatic carbocycles. The van der Waals surface area contributed by atoms with Gasteiger partial charge in [-0.15, -0.1) is 0 Å². The molecule has 1 aromatic carbocycles. The minimum absolute atomic E-state index is 0.128. The van der Waals surface area contributed by atoms with Crippen molar-refractivity contribution in [2.24, 2.45) is 0 Å². The number of aromatic carboxylic acids is 1. The van der Waals surface area contributed by atoms with E-state index in [1.165, 1.54) is 12.7 Å². The zero-order valence-corrected chi connectivity index (χ0v) is 14.2. The van der Waals surface area contributed by atoms with Crippen LogP contribution in [0.3, 0.4) is 0 Å². The van der Waals surface area contributed by atoms with Gasteiger partial charge < -0.3 is 25.8 Å². The highest BCUT2D eigenvalue weighted by molar-refractivity contribution is 5.87. The van der Waals surface area contributed by atoms with E-state index in [-0.39, 0.29) is 18.5 Å². The second kappa shape index (κ2) is 8.08. The fourth-order valence-electron chi connectivity index (χ4n) is 2.73. The van der Waals surface area contributed by atoms with Crippen LogP contribution in [-0.4, -0.2) is 59.6 Å². The molecule has 1 aliphatic rings. The molecule has 0 unspecified atom stereocenters. The van der Waals surface area contributed by atoms with Gasteiger partial charge in [0.25, 0.3) is 0 Å². The average molecular weight is 373 g/mol. The van der Waals surface area contributed by atoms with E-state index in [2.05, 4.69) is 15.0 Å². The van der Waals surface area contributed by atoms with Gasteiger partial charge in [0, 0.05) is 6.42 Å². The third kappa shape index (κ3) is 4.03. The summed E-state index contributed by atoms with van der Waals surface area (Å²) in [6.07, 6.45) is 1.52. The number of nitrogens with two attached hydrogens (primary N) is 1. The van der Waals surface area contributed by atoms with Gasteiger partial charge in [-0.25, -0.2) is 19.7 Å². The second-order valence-corrected chi connectivity index (χ2v) is 5.89. The lowest BCUT2D eigenvalue weighted by molar-refractivity contribution is -0.0486. The monoisotopic (exact) mass is 373 g/mol. The molecule has 0 saturated carbocycles. The Bertz CT molecular complexity index is 916. The molecule has 4 rings (SSSR count). The van der Waals surface area contributed by atoms with Crippen molar-refractivity contribution in [3.8, 4) is 0 Å². The Labute approximate surface area is 153 Å². The van der Waals surface area contributed by atoms with Gasteiger partial charge in [0.05, 0.1) is 24.6 Å². The van der Waals surface area contributed by atoms with Crippen LogP contribution in [0, 0.1) is 0 Å². The summed E-state index contributed by atoms with van der Waals surface area (Å²) in [6.45, 7) is -0.128. The van der Waals surface area contributed by atoms with Crippen LogP contribution in [-0.2, 0) is 4.74 Å². The number of nitrogen functional groups attached to an aromatic ring is 1. The Morgan fingerprint density at radius 3 is 2.59 bits per heavy atom. The molecule has 1 saturated heterocycles. The number of aliphatic hydroxyl groups excluding tert-OH is 2. The highest BCUT2D eigenvalue weighted by atomic mass is 16.5. The van der Waals surface area contributed by atoms with Crippen LogP contribution in [0.1, 0.15) is 23.0 Å². The summed E-state index contributed by atoms with van der Waals surface area (Å²) in [7, 11) is 0. The van der Waals surface area contributed by atoms with E-state index < -0.39 is 18.3 Å². The average Bonchev–Trinajstić information content (AvgIpc) is 3.27. The molecular formula is C17H19N5O5. The highest BCUT2D eigenvalue weighted by Crippen LogP contribution is 2.31. The van der Waals surface area contributed by atoms with Crippen LogP contribution >= 0.6 is 0 Å². The number of ether oxygens (including phenoxy) is 1. The maximum atomic E-state index is 10.2. The smallest absolute Gasteiger partial charge is 0.335 e. The summed E-state index contributed by atoms with van der Waals surface area (Å²) in [4.78, 5) is 22.2. The van der Waals surface area contributed by atoms with Gasteiger partial charge in [0.2, 0.25) is 0 Å². The largest absolute Gasteiger partial charge is 0.478 e. The zero-order valence-electron chi connectivity index (χ0n) is 14.2. The first-order valence-electron chi connectivity index (χ1n) is 8.17.